The van der Waals surface area contributed by atoms with Gasteiger partial charge in [0.2, 0.25) is 0 Å². The van der Waals surface area contributed by atoms with Gasteiger partial charge in [0.05, 0.1) is 7.11 Å². The van der Waals surface area contributed by atoms with Crippen LogP contribution in [0.2, 0.25) is 0 Å². The van der Waals surface area contributed by atoms with Gasteiger partial charge in [0, 0.05) is 16.6 Å². The molecule has 0 aliphatic heterocycles. The van der Waals surface area contributed by atoms with Crippen molar-refractivity contribution in [1.29, 1.82) is 0 Å². The molecule has 0 aliphatic carbocycles. The smallest absolute Gasteiger partial charge is 0.125 e. The number of methoxy groups -OCH3 is 1. The molecular formula is C14H21BrO2. The summed E-state index contributed by atoms with van der Waals surface area (Å²) in [4.78, 5) is 0. The molecule has 17 heavy (non-hydrogen) atoms. The van der Waals surface area contributed by atoms with Crippen LogP contribution in [-0.2, 0) is 11.8 Å². The summed E-state index contributed by atoms with van der Waals surface area (Å²) in [6.45, 7) is 6.73. The van der Waals surface area contributed by atoms with E-state index in [0.29, 0.717) is 0 Å². The minimum Gasteiger partial charge on any atom is -0.496 e. The SMILES string of the molecule is COc1c(CCCO)cc(Br)cc1C(C)(C)C. The molecule has 1 N–H and O–H groups in total. The first-order valence-electron chi connectivity index (χ1n) is 5.88. The molecule has 0 spiro atoms. The Bertz CT molecular complexity index is 381. The van der Waals surface area contributed by atoms with Gasteiger partial charge in [-0.25, -0.2) is 0 Å². The highest BCUT2D eigenvalue weighted by Crippen LogP contribution is 2.37. The topological polar surface area (TPSA) is 29.5 Å². The lowest BCUT2D eigenvalue weighted by Gasteiger charge is -2.24. The highest BCUT2D eigenvalue weighted by molar-refractivity contribution is 9.10. The quantitative estimate of drug-likeness (QED) is 0.919. The monoisotopic (exact) mass is 300 g/mol. The molecule has 1 rings (SSSR count). The van der Waals surface area contributed by atoms with Crippen LogP contribution in [-0.4, -0.2) is 18.8 Å². The average molecular weight is 301 g/mol. The van der Waals surface area contributed by atoms with Gasteiger partial charge in [-0.1, -0.05) is 36.7 Å². The summed E-state index contributed by atoms with van der Waals surface area (Å²) in [5.41, 5.74) is 2.39. The van der Waals surface area contributed by atoms with Gasteiger partial charge in [0.15, 0.2) is 0 Å². The Balaban J connectivity index is 3.25. The summed E-state index contributed by atoms with van der Waals surface area (Å²) in [6.07, 6.45) is 1.60. The molecule has 1 aromatic carbocycles. The van der Waals surface area contributed by atoms with E-state index in [1.165, 1.54) is 5.56 Å². The third kappa shape index (κ3) is 3.71. The van der Waals surface area contributed by atoms with Gasteiger partial charge < -0.3 is 9.84 Å². The Kier molecular flexibility index (Phi) is 5.02. The first kappa shape index (κ1) is 14.5. The zero-order valence-electron chi connectivity index (χ0n) is 11.0. The van der Waals surface area contributed by atoms with Crippen molar-refractivity contribution in [2.24, 2.45) is 0 Å². The van der Waals surface area contributed by atoms with E-state index >= 15 is 0 Å². The number of ether oxygens (including phenoxy) is 1. The normalized spacial score (nSPS) is 11.6. The Morgan fingerprint density at radius 2 is 1.94 bits per heavy atom. The Morgan fingerprint density at radius 3 is 2.41 bits per heavy atom. The van der Waals surface area contributed by atoms with E-state index in [9.17, 15) is 0 Å². The molecule has 0 heterocycles. The Hall–Kier alpha value is -0.540. The van der Waals surface area contributed by atoms with E-state index < -0.39 is 0 Å². The first-order valence-corrected chi connectivity index (χ1v) is 6.67. The molecule has 0 aliphatic rings. The third-order valence-corrected chi connectivity index (χ3v) is 3.20. The van der Waals surface area contributed by atoms with E-state index in [0.717, 1.165) is 28.6 Å². The number of rotatable bonds is 4. The van der Waals surface area contributed by atoms with Crippen molar-refractivity contribution < 1.29 is 9.84 Å². The van der Waals surface area contributed by atoms with Crippen LogP contribution in [0.1, 0.15) is 38.3 Å². The summed E-state index contributed by atoms with van der Waals surface area (Å²) < 4.78 is 6.62. The van der Waals surface area contributed by atoms with Crippen LogP contribution in [0.4, 0.5) is 0 Å². The van der Waals surface area contributed by atoms with Gasteiger partial charge in [0.25, 0.3) is 0 Å². The second-order valence-electron chi connectivity index (χ2n) is 5.22. The van der Waals surface area contributed by atoms with Crippen molar-refractivity contribution in [2.45, 2.75) is 39.0 Å². The fourth-order valence-corrected chi connectivity index (χ4v) is 2.41. The second kappa shape index (κ2) is 5.87. The van der Waals surface area contributed by atoms with E-state index in [4.69, 9.17) is 9.84 Å². The van der Waals surface area contributed by atoms with E-state index in [2.05, 4.69) is 48.8 Å². The Morgan fingerprint density at radius 1 is 1.29 bits per heavy atom. The molecule has 0 fully saturated rings. The minimum absolute atomic E-state index is 0.0447. The summed E-state index contributed by atoms with van der Waals surface area (Å²) in [6, 6.07) is 4.19. The molecule has 0 saturated carbocycles. The Labute approximate surface area is 112 Å². The van der Waals surface area contributed by atoms with Gasteiger partial charge in [0.1, 0.15) is 5.75 Å². The number of benzene rings is 1. The molecule has 96 valence electrons. The van der Waals surface area contributed by atoms with Gasteiger partial charge in [-0.2, -0.15) is 0 Å². The lowest BCUT2D eigenvalue weighted by atomic mass is 9.84. The van der Waals surface area contributed by atoms with Crippen LogP contribution < -0.4 is 4.74 Å². The van der Waals surface area contributed by atoms with Crippen molar-refractivity contribution in [1.82, 2.24) is 0 Å². The molecule has 2 nitrogen and oxygen atoms in total. The largest absolute Gasteiger partial charge is 0.496 e. The van der Waals surface area contributed by atoms with E-state index in [-0.39, 0.29) is 12.0 Å². The zero-order chi connectivity index (χ0) is 13.1. The number of halogens is 1. The highest BCUT2D eigenvalue weighted by atomic mass is 79.9. The van der Waals surface area contributed by atoms with Crippen LogP contribution in [0.15, 0.2) is 16.6 Å². The van der Waals surface area contributed by atoms with Crippen LogP contribution in [0, 0.1) is 0 Å². The molecule has 0 atom stereocenters. The second-order valence-corrected chi connectivity index (χ2v) is 6.14. The average Bonchev–Trinajstić information content (AvgIpc) is 2.24. The first-order chi connectivity index (χ1) is 7.90. The van der Waals surface area contributed by atoms with Crippen molar-refractivity contribution in [3.05, 3.63) is 27.7 Å². The molecule has 0 unspecified atom stereocenters. The van der Waals surface area contributed by atoms with Crippen molar-refractivity contribution in [3.8, 4) is 5.75 Å². The number of aliphatic hydroxyl groups excluding tert-OH is 1. The summed E-state index contributed by atoms with van der Waals surface area (Å²) in [5.74, 6) is 0.953. The predicted molar refractivity (Wildman–Crippen MR) is 74.8 cm³/mol. The molecule has 0 saturated heterocycles. The number of aryl methyl sites for hydroxylation is 1. The standard InChI is InChI=1S/C14H21BrO2/c1-14(2,3)12-9-11(15)8-10(6-5-7-16)13(12)17-4/h8-9,16H,5-7H2,1-4H3. The fourth-order valence-electron chi connectivity index (χ4n) is 1.90. The molecule has 0 bridgehead atoms. The highest BCUT2D eigenvalue weighted by Gasteiger charge is 2.21. The summed E-state index contributed by atoms with van der Waals surface area (Å²) in [7, 11) is 1.71. The fraction of sp³-hybridized carbons (Fsp3) is 0.571. The van der Waals surface area contributed by atoms with Gasteiger partial charge in [-0.15, -0.1) is 0 Å². The van der Waals surface area contributed by atoms with E-state index in [1.807, 2.05) is 0 Å². The van der Waals surface area contributed by atoms with Crippen molar-refractivity contribution in [2.75, 3.05) is 13.7 Å². The van der Waals surface area contributed by atoms with Crippen LogP contribution in [0.25, 0.3) is 0 Å². The van der Waals surface area contributed by atoms with Crippen LogP contribution in [0.5, 0.6) is 5.75 Å². The maximum atomic E-state index is 8.94. The predicted octanol–water partition coefficient (Wildman–Crippen LogP) is 3.68. The van der Waals surface area contributed by atoms with Crippen LogP contribution in [0.3, 0.4) is 0 Å². The summed E-state index contributed by atoms with van der Waals surface area (Å²) >= 11 is 3.54. The lowest BCUT2D eigenvalue weighted by molar-refractivity contribution is 0.287. The molecule has 0 amide bonds. The van der Waals surface area contributed by atoms with Gasteiger partial charge >= 0.3 is 0 Å². The number of hydrogen-bond acceptors (Lipinski definition) is 2. The molecule has 3 heteroatoms. The zero-order valence-corrected chi connectivity index (χ0v) is 12.6. The molecule has 0 radical (unpaired) electrons. The van der Waals surface area contributed by atoms with Gasteiger partial charge in [-0.05, 0) is 36.0 Å². The lowest BCUT2D eigenvalue weighted by Crippen LogP contribution is -2.14. The van der Waals surface area contributed by atoms with Gasteiger partial charge in [-0.3, -0.25) is 0 Å². The molecule has 1 aromatic rings. The minimum atomic E-state index is 0.0447. The number of hydrogen-bond donors (Lipinski definition) is 1. The molecule has 0 aromatic heterocycles. The van der Waals surface area contributed by atoms with E-state index in [1.54, 1.807) is 7.11 Å². The number of aliphatic hydroxyl groups is 1. The molecular weight excluding hydrogens is 280 g/mol. The maximum absolute atomic E-state index is 8.94. The third-order valence-electron chi connectivity index (χ3n) is 2.75. The van der Waals surface area contributed by atoms with Crippen molar-refractivity contribution in [3.63, 3.8) is 0 Å². The maximum Gasteiger partial charge on any atom is 0.125 e. The van der Waals surface area contributed by atoms with Crippen molar-refractivity contribution >= 4 is 15.9 Å². The summed E-state index contributed by atoms with van der Waals surface area (Å²) in [5, 5.41) is 8.94. The van der Waals surface area contributed by atoms with Crippen LogP contribution >= 0.6 is 15.9 Å².